The summed E-state index contributed by atoms with van der Waals surface area (Å²) in [6, 6.07) is 4.96. The van der Waals surface area contributed by atoms with Crippen LogP contribution in [0.15, 0.2) is 30.9 Å². The molecule has 1 rings (SSSR count). The predicted octanol–water partition coefficient (Wildman–Crippen LogP) is 2.67. The highest BCUT2D eigenvalue weighted by molar-refractivity contribution is 5.30. The van der Waals surface area contributed by atoms with Gasteiger partial charge in [0.15, 0.2) is 11.6 Å². The first-order chi connectivity index (χ1) is 7.52. The van der Waals surface area contributed by atoms with Crippen LogP contribution in [0.4, 0.5) is 4.39 Å². The number of hydrogen-bond acceptors (Lipinski definition) is 2. The van der Waals surface area contributed by atoms with Crippen molar-refractivity contribution >= 4 is 0 Å². The van der Waals surface area contributed by atoms with E-state index in [4.69, 9.17) is 10.5 Å². The second kappa shape index (κ2) is 5.66. The SMILES string of the molecule is C=CC(C)Oc1ccc(CC(C)N)cc1F. The van der Waals surface area contributed by atoms with E-state index >= 15 is 0 Å². The maximum Gasteiger partial charge on any atom is 0.165 e. The van der Waals surface area contributed by atoms with Crippen molar-refractivity contribution in [1.82, 2.24) is 0 Å². The van der Waals surface area contributed by atoms with Gasteiger partial charge >= 0.3 is 0 Å². The number of halogens is 1. The zero-order valence-corrected chi connectivity index (χ0v) is 9.74. The Balaban J connectivity index is 2.78. The lowest BCUT2D eigenvalue weighted by molar-refractivity contribution is 0.257. The van der Waals surface area contributed by atoms with Crippen molar-refractivity contribution in [2.75, 3.05) is 0 Å². The fourth-order valence-corrected chi connectivity index (χ4v) is 1.39. The maximum absolute atomic E-state index is 13.6. The number of hydrogen-bond donors (Lipinski definition) is 1. The molecule has 2 unspecified atom stereocenters. The van der Waals surface area contributed by atoms with E-state index in [1.807, 2.05) is 19.9 Å². The van der Waals surface area contributed by atoms with Crippen LogP contribution in [0, 0.1) is 5.82 Å². The second-order valence-electron chi connectivity index (χ2n) is 4.00. The first-order valence-corrected chi connectivity index (χ1v) is 5.36. The lowest BCUT2D eigenvalue weighted by Gasteiger charge is -2.12. The van der Waals surface area contributed by atoms with Crippen LogP contribution in [0.5, 0.6) is 5.75 Å². The fraction of sp³-hybridized carbons (Fsp3) is 0.385. The summed E-state index contributed by atoms with van der Waals surface area (Å²) in [5.74, 6) is -0.104. The Morgan fingerprint density at radius 1 is 1.50 bits per heavy atom. The molecule has 0 saturated heterocycles. The van der Waals surface area contributed by atoms with Gasteiger partial charge < -0.3 is 10.5 Å². The number of nitrogens with two attached hydrogens (primary N) is 1. The summed E-state index contributed by atoms with van der Waals surface area (Å²) in [7, 11) is 0. The Kier molecular flexibility index (Phi) is 4.50. The van der Waals surface area contributed by atoms with Crippen molar-refractivity contribution < 1.29 is 9.13 Å². The van der Waals surface area contributed by atoms with E-state index in [0.717, 1.165) is 5.56 Å². The molecule has 0 radical (unpaired) electrons. The minimum Gasteiger partial charge on any atom is -0.484 e. The highest BCUT2D eigenvalue weighted by Gasteiger charge is 2.08. The molecule has 16 heavy (non-hydrogen) atoms. The molecule has 0 aliphatic rings. The molecule has 0 aliphatic heterocycles. The summed E-state index contributed by atoms with van der Waals surface area (Å²) < 4.78 is 18.9. The van der Waals surface area contributed by atoms with Crippen molar-refractivity contribution in [2.45, 2.75) is 32.4 Å². The summed E-state index contributed by atoms with van der Waals surface area (Å²) in [5.41, 5.74) is 6.53. The molecule has 1 aromatic rings. The molecule has 0 spiro atoms. The first kappa shape index (κ1) is 12.7. The van der Waals surface area contributed by atoms with E-state index < -0.39 is 0 Å². The van der Waals surface area contributed by atoms with Gasteiger partial charge in [0, 0.05) is 6.04 Å². The van der Waals surface area contributed by atoms with Crippen molar-refractivity contribution in [3.05, 3.63) is 42.2 Å². The largest absolute Gasteiger partial charge is 0.484 e. The molecule has 2 atom stereocenters. The molecule has 88 valence electrons. The molecule has 0 heterocycles. The molecular formula is C13H18FNO. The normalized spacial score (nSPS) is 14.2. The molecule has 1 aromatic carbocycles. The van der Waals surface area contributed by atoms with Crippen LogP contribution in [0.2, 0.25) is 0 Å². The van der Waals surface area contributed by atoms with Crippen LogP contribution >= 0.6 is 0 Å². The summed E-state index contributed by atoms with van der Waals surface area (Å²) in [4.78, 5) is 0. The molecule has 0 amide bonds. The van der Waals surface area contributed by atoms with Crippen LogP contribution in [-0.2, 0) is 6.42 Å². The Hall–Kier alpha value is -1.35. The topological polar surface area (TPSA) is 35.2 Å². The van der Waals surface area contributed by atoms with Crippen LogP contribution in [0.3, 0.4) is 0 Å². The van der Waals surface area contributed by atoms with Gasteiger partial charge in [0.1, 0.15) is 6.10 Å². The van der Waals surface area contributed by atoms with Gasteiger partial charge in [0.25, 0.3) is 0 Å². The van der Waals surface area contributed by atoms with E-state index in [-0.39, 0.29) is 23.7 Å². The zero-order chi connectivity index (χ0) is 12.1. The molecule has 0 saturated carbocycles. The van der Waals surface area contributed by atoms with Gasteiger partial charge in [-0.25, -0.2) is 4.39 Å². The van der Waals surface area contributed by atoms with Crippen molar-refractivity contribution in [3.63, 3.8) is 0 Å². The molecule has 2 N–H and O–H groups in total. The van der Waals surface area contributed by atoms with Crippen molar-refractivity contribution in [2.24, 2.45) is 5.73 Å². The van der Waals surface area contributed by atoms with E-state index in [9.17, 15) is 4.39 Å². The molecule has 0 fully saturated rings. The van der Waals surface area contributed by atoms with Gasteiger partial charge in [-0.3, -0.25) is 0 Å². The van der Waals surface area contributed by atoms with E-state index in [1.165, 1.54) is 6.07 Å². The van der Waals surface area contributed by atoms with Crippen LogP contribution in [0.25, 0.3) is 0 Å². The number of rotatable bonds is 5. The lowest BCUT2D eigenvalue weighted by Crippen LogP contribution is -2.18. The maximum atomic E-state index is 13.6. The summed E-state index contributed by atoms with van der Waals surface area (Å²) >= 11 is 0. The van der Waals surface area contributed by atoms with Crippen molar-refractivity contribution in [1.29, 1.82) is 0 Å². The van der Waals surface area contributed by atoms with Crippen LogP contribution < -0.4 is 10.5 Å². The molecule has 0 aromatic heterocycles. The monoisotopic (exact) mass is 223 g/mol. The average molecular weight is 223 g/mol. The summed E-state index contributed by atoms with van der Waals surface area (Å²) in [6.07, 6.45) is 2.08. The molecule has 0 aliphatic carbocycles. The van der Waals surface area contributed by atoms with Gasteiger partial charge in [0.2, 0.25) is 0 Å². The number of ether oxygens (including phenoxy) is 1. The first-order valence-electron chi connectivity index (χ1n) is 5.36. The summed E-state index contributed by atoms with van der Waals surface area (Å²) in [5, 5.41) is 0. The van der Waals surface area contributed by atoms with Crippen molar-refractivity contribution in [3.8, 4) is 5.75 Å². The summed E-state index contributed by atoms with van der Waals surface area (Å²) in [6.45, 7) is 7.28. The standard InChI is InChI=1S/C13H18FNO/c1-4-10(3)16-13-6-5-11(7-9(2)15)8-12(13)14/h4-6,8-10H,1,7,15H2,2-3H3. The quantitative estimate of drug-likeness (QED) is 0.779. The van der Waals surface area contributed by atoms with E-state index in [2.05, 4.69) is 6.58 Å². The van der Waals surface area contributed by atoms with E-state index in [1.54, 1.807) is 12.1 Å². The predicted molar refractivity (Wildman–Crippen MR) is 64.0 cm³/mol. The Bertz CT molecular complexity index is 363. The van der Waals surface area contributed by atoms with Gasteiger partial charge in [-0.05, 0) is 38.0 Å². The highest BCUT2D eigenvalue weighted by Crippen LogP contribution is 2.20. The Labute approximate surface area is 95.9 Å². The molecule has 2 nitrogen and oxygen atoms in total. The van der Waals surface area contributed by atoms with Gasteiger partial charge in [-0.1, -0.05) is 18.7 Å². The lowest BCUT2D eigenvalue weighted by atomic mass is 10.1. The van der Waals surface area contributed by atoms with E-state index in [0.29, 0.717) is 6.42 Å². The smallest absolute Gasteiger partial charge is 0.165 e. The third kappa shape index (κ3) is 3.66. The average Bonchev–Trinajstić information content (AvgIpc) is 2.21. The van der Waals surface area contributed by atoms with Crippen LogP contribution in [0.1, 0.15) is 19.4 Å². The second-order valence-corrected chi connectivity index (χ2v) is 4.00. The van der Waals surface area contributed by atoms with Gasteiger partial charge in [-0.15, -0.1) is 0 Å². The van der Waals surface area contributed by atoms with Gasteiger partial charge in [-0.2, -0.15) is 0 Å². The Morgan fingerprint density at radius 2 is 2.19 bits per heavy atom. The van der Waals surface area contributed by atoms with Crippen LogP contribution in [-0.4, -0.2) is 12.1 Å². The highest BCUT2D eigenvalue weighted by atomic mass is 19.1. The zero-order valence-electron chi connectivity index (χ0n) is 9.74. The molecule has 0 bridgehead atoms. The minimum atomic E-state index is -0.355. The molecular weight excluding hydrogens is 205 g/mol. The Morgan fingerprint density at radius 3 is 2.69 bits per heavy atom. The fourth-order valence-electron chi connectivity index (χ4n) is 1.39. The minimum absolute atomic E-state index is 0.0262. The third-order valence-corrected chi connectivity index (χ3v) is 2.20. The third-order valence-electron chi connectivity index (χ3n) is 2.20. The molecule has 3 heteroatoms. The number of benzene rings is 1. The van der Waals surface area contributed by atoms with Gasteiger partial charge in [0.05, 0.1) is 0 Å².